The Hall–Kier alpha value is -0.520. The van der Waals surface area contributed by atoms with Crippen LogP contribution < -0.4 is 0 Å². The number of unbranched alkanes of at least 4 members (excludes halogenated alkanes) is 1. The van der Waals surface area contributed by atoms with Gasteiger partial charge in [-0.2, -0.15) is 0 Å². The average molecular weight is 204 g/mol. The van der Waals surface area contributed by atoms with E-state index in [0.717, 1.165) is 0 Å². The van der Waals surface area contributed by atoms with Crippen LogP contribution >= 0.6 is 0 Å². The Morgan fingerprint density at radius 2 is 2.00 bits per heavy atom. The highest BCUT2D eigenvalue weighted by Crippen LogP contribution is 2.47. The summed E-state index contributed by atoms with van der Waals surface area (Å²) < 4.78 is 0. The Balaban J connectivity index is 2.09. The van der Waals surface area contributed by atoms with E-state index in [1.807, 2.05) is 0 Å². The molecule has 0 saturated heterocycles. The number of hydrogen-bond donors (Lipinski definition) is 0. The summed E-state index contributed by atoms with van der Waals surface area (Å²) in [6, 6.07) is 0. The van der Waals surface area contributed by atoms with Crippen LogP contribution in [-0.2, 0) is 0 Å². The lowest BCUT2D eigenvalue weighted by Gasteiger charge is -2.38. The first-order valence-electron chi connectivity index (χ1n) is 6.74. The van der Waals surface area contributed by atoms with Crippen LogP contribution in [0.15, 0.2) is 23.8 Å². The summed E-state index contributed by atoms with van der Waals surface area (Å²) in [5, 5.41) is 0. The SMILES string of the molecule is CCCCC1(C2=CCC=C2)CCCCC1. The van der Waals surface area contributed by atoms with Gasteiger partial charge in [-0.1, -0.05) is 57.3 Å². The molecule has 0 N–H and O–H groups in total. The molecule has 15 heavy (non-hydrogen) atoms. The fraction of sp³-hybridized carbons (Fsp3) is 0.733. The molecule has 0 radical (unpaired) electrons. The lowest BCUT2D eigenvalue weighted by atomic mass is 9.66. The van der Waals surface area contributed by atoms with Crippen LogP contribution in [0.1, 0.15) is 64.7 Å². The average Bonchev–Trinajstić information content (AvgIpc) is 2.82. The number of allylic oxidation sites excluding steroid dienone is 4. The maximum absolute atomic E-state index is 2.47. The zero-order valence-electron chi connectivity index (χ0n) is 10.1. The first-order valence-corrected chi connectivity index (χ1v) is 6.74. The molecule has 0 bridgehead atoms. The molecule has 1 fully saturated rings. The fourth-order valence-electron chi connectivity index (χ4n) is 3.28. The van der Waals surface area contributed by atoms with E-state index >= 15 is 0 Å². The van der Waals surface area contributed by atoms with E-state index in [-0.39, 0.29) is 0 Å². The Labute approximate surface area is 94.5 Å². The fourth-order valence-corrected chi connectivity index (χ4v) is 3.28. The first kappa shape index (κ1) is 11.0. The van der Waals surface area contributed by atoms with E-state index in [1.165, 1.54) is 57.8 Å². The molecule has 0 aromatic carbocycles. The van der Waals surface area contributed by atoms with Gasteiger partial charge in [0.05, 0.1) is 0 Å². The second kappa shape index (κ2) is 5.01. The molecule has 0 heteroatoms. The zero-order valence-corrected chi connectivity index (χ0v) is 10.1. The Kier molecular flexibility index (Phi) is 3.66. The van der Waals surface area contributed by atoms with Crippen LogP contribution in [0.4, 0.5) is 0 Å². The minimum absolute atomic E-state index is 0.585. The largest absolute Gasteiger partial charge is 0.0804 e. The summed E-state index contributed by atoms with van der Waals surface area (Å²) in [5.74, 6) is 0. The second-order valence-electron chi connectivity index (χ2n) is 5.24. The van der Waals surface area contributed by atoms with Crippen LogP contribution in [0.5, 0.6) is 0 Å². The monoisotopic (exact) mass is 204 g/mol. The van der Waals surface area contributed by atoms with E-state index < -0.39 is 0 Å². The second-order valence-corrected chi connectivity index (χ2v) is 5.24. The molecular weight excluding hydrogens is 180 g/mol. The van der Waals surface area contributed by atoms with Crippen LogP contribution in [0.3, 0.4) is 0 Å². The van der Waals surface area contributed by atoms with Gasteiger partial charge in [0.1, 0.15) is 0 Å². The van der Waals surface area contributed by atoms with Gasteiger partial charge in [-0.25, -0.2) is 0 Å². The highest BCUT2D eigenvalue weighted by Gasteiger charge is 2.34. The van der Waals surface area contributed by atoms with Crippen molar-refractivity contribution in [2.75, 3.05) is 0 Å². The summed E-state index contributed by atoms with van der Waals surface area (Å²) >= 11 is 0. The molecule has 1 saturated carbocycles. The minimum Gasteiger partial charge on any atom is -0.0804 e. The first-order chi connectivity index (χ1) is 7.37. The van der Waals surface area contributed by atoms with Crippen molar-refractivity contribution in [3.63, 3.8) is 0 Å². The molecule has 0 atom stereocenters. The van der Waals surface area contributed by atoms with Crippen LogP contribution in [0.25, 0.3) is 0 Å². The van der Waals surface area contributed by atoms with E-state index in [9.17, 15) is 0 Å². The summed E-state index contributed by atoms with van der Waals surface area (Å²) in [6.07, 6.45) is 19.8. The number of rotatable bonds is 4. The van der Waals surface area contributed by atoms with Gasteiger partial charge >= 0.3 is 0 Å². The summed E-state index contributed by atoms with van der Waals surface area (Å²) in [4.78, 5) is 0. The van der Waals surface area contributed by atoms with Crippen LogP contribution in [0.2, 0.25) is 0 Å². The minimum atomic E-state index is 0.585. The molecule has 0 nitrogen and oxygen atoms in total. The lowest BCUT2D eigenvalue weighted by molar-refractivity contribution is 0.221. The van der Waals surface area contributed by atoms with Crippen molar-refractivity contribution < 1.29 is 0 Å². The maximum Gasteiger partial charge on any atom is -0.00501 e. The summed E-state index contributed by atoms with van der Waals surface area (Å²) in [7, 11) is 0. The molecular formula is C15H24. The smallest absolute Gasteiger partial charge is 0.00501 e. The summed E-state index contributed by atoms with van der Waals surface area (Å²) in [6.45, 7) is 2.31. The number of hydrogen-bond acceptors (Lipinski definition) is 0. The van der Waals surface area contributed by atoms with Gasteiger partial charge in [-0.3, -0.25) is 0 Å². The molecule has 84 valence electrons. The topological polar surface area (TPSA) is 0 Å². The molecule has 0 amide bonds. The molecule has 0 aliphatic heterocycles. The van der Waals surface area contributed by atoms with Gasteiger partial charge in [0.25, 0.3) is 0 Å². The Bertz CT molecular complexity index is 251. The van der Waals surface area contributed by atoms with Gasteiger partial charge in [0.2, 0.25) is 0 Å². The van der Waals surface area contributed by atoms with E-state index in [1.54, 1.807) is 5.57 Å². The maximum atomic E-state index is 2.47. The Morgan fingerprint density at radius 1 is 1.20 bits per heavy atom. The van der Waals surface area contributed by atoms with Gasteiger partial charge in [0.15, 0.2) is 0 Å². The highest BCUT2D eigenvalue weighted by molar-refractivity contribution is 5.33. The van der Waals surface area contributed by atoms with Crippen molar-refractivity contribution in [2.24, 2.45) is 5.41 Å². The molecule has 2 rings (SSSR count). The van der Waals surface area contributed by atoms with Crippen molar-refractivity contribution >= 4 is 0 Å². The van der Waals surface area contributed by atoms with Crippen molar-refractivity contribution in [3.8, 4) is 0 Å². The van der Waals surface area contributed by atoms with Crippen molar-refractivity contribution in [1.82, 2.24) is 0 Å². The van der Waals surface area contributed by atoms with Gasteiger partial charge in [0, 0.05) is 0 Å². The molecule has 2 aliphatic rings. The van der Waals surface area contributed by atoms with E-state index in [4.69, 9.17) is 0 Å². The lowest BCUT2D eigenvalue weighted by Crippen LogP contribution is -2.25. The van der Waals surface area contributed by atoms with E-state index in [2.05, 4.69) is 25.2 Å². The van der Waals surface area contributed by atoms with Gasteiger partial charge in [-0.15, -0.1) is 0 Å². The highest BCUT2D eigenvalue weighted by atomic mass is 14.4. The molecule has 0 aromatic rings. The molecule has 0 heterocycles. The predicted molar refractivity (Wildman–Crippen MR) is 66.9 cm³/mol. The normalized spacial score (nSPS) is 24.2. The third-order valence-electron chi connectivity index (χ3n) is 4.20. The predicted octanol–water partition coefficient (Wildman–Crippen LogP) is 5.01. The molecule has 0 aromatic heterocycles. The van der Waals surface area contributed by atoms with Crippen molar-refractivity contribution in [2.45, 2.75) is 64.7 Å². The standard InChI is InChI=1S/C15H24/c1-2-3-11-15(12-7-4-8-13-15)14-9-5-6-10-14/h5,9-10H,2-4,6-8,11-13H2,1H3. The van der Waals surface area contributed by atoms with Crippen molar-refractivity contribution in [3.05, 3.63) is 23.8 Å². The van der Waals surface area contributed by atoms with Crippen LogP contribution in [-0.4, -0.2) is 0 Å². The van der Waals surface area contributed by atoms with Gasteiger partial charge in [-0.05, 0) is 36.7 Å². The Morgan fingerprint density at radius 3 is 2.60 bits per heavy atom. The van der Waals surface area contributed by atoms with Crippen molar-refractivity contribution in [1.29, 1.82) is 0 Å². The van der Waals surface area contributed by atoms with Crippen LogP contribution in [0, 0.1) is 5.41 Å². The quantitative estimate of drug-likeness (QED) is 0.603. The zero-order chi connectivity index (χ0) is 10.6. The third kappa shape index (κ3) is 2.35. The van der Waals surface area contributed by atoms with Gasteiger partial charge < -0.3 is 0 Å². The van der Waals surface area contributed by atoms with E-state index in [0.29, 0.717) is 5.41 Å². The molecule has 2 aliphatic carbocycles. The summed E-state index contributed by atoms with van der Waals surface area (Å²) in [5.41, 5.74) is 2.26. The molecule has 0 unspecified atom stereocenters. The third-order valence-corrected chi connectivity index (χ3v) is 4.20. The molecule has 0 spiro atoms.